The molecule has 25 heavy (non-hydrogen) atoms. The molecule has 0 amide bonds. The maximum atomic E-state index is 11.1. The lowest BCUT2D eigenvalue weighted by atomic mass is 10.3. The highest BCUT2D eigenvalue weighted by molar-refractivity contribution is 5.70. The molecule has 0 aliphatic carbocycles. The molecule has 1 fully saturated rings. The van der Waals surface area contributed by atoms with Crippen LogP contribution in [0.5, 0.6) is 0 Å². The van der Waals surface area contributed by atoms with Gasteiger partial charge in [-0.15, -0.1) is 0 Å². The van der Waals surface area contributed by atoms with Gasteiger partial charge in [-0.1, -0.05) is 0 Å². The van der Waals surface area contributed by atoms with E-state index in [1.54, 1.807) is 9.80 Å². The number of carboxylic acid groups (broad SMARTS) is 3. The average Bonchev–Trinajstić information content (AvgIpc) is 2.49. The van der Waals surface area contributed by atoms with Crippen molar-refractivity contribution in [3.05, 3.63) is 0 Å². The third-order valence-electron chi connectivity index (χ3n) is 4.14. The third kappa shape index (κ3) is 9.97. The molecule has 4 N–H and O–H groups in total. The summed E-state index contributed by atoms with van der Waals surface area (Å²) in [6.07, 6.45) is 0. The van der Waals surface area contributed by atoms with Gasteiger partial charge in [0, 0.05) is 52.4 Å². The maximum Gasteiger partial charge on any atom is 0.495 e. The zero-order chi connectivity index (χ0) is 18.8. The summed E-state index contributed by atoms with van der Waals surface area (Å²) >= 11 is 0. The Kier molecular flexibility index (Phi) is 9.35. The predicted octanol–water partition coefficient (Wildman–Crippen LogP) is -1.93. The van der Waals surface area contributed by atoms with Crippen LogP contribution in [-0.2, 0) is 9.59 Å². The second-order valence-electron chi connectivity index (χ2n) is 6.34. The lowest BCUT2D eigenvalue weighted by molar-refractivity contribution is -0.140. The Labute approximate surface area is 147 Å². The number of hydrogen-bond donors (Lipinski definition) is 3. The standard InChI is InChI=1S/C15H28N4O6/c1-16-2-4-17(10-13(20)21)6-8-19(12-15(24)25)9-7-18(5-3-16)11-14(22)23/h2-12H2,1H3,(H,20,21)(H,22,23)(H,24,25)/p+1. The van der Waals surface area contributed by atoms with Crippen LogP contribution in [0.25, 0.3) is 0 Å². The summed E-state index contributed by atoms with van der Waals surface area (Å²) < 4.78 is 0. The van der Waals surface area contributed by atoms with Crippen molar-refractivity contribution in [1.82, 2.24) is 19.6 Å². The van der Waals surface area contributed by atoms with Crippen molar-refractivity contribution < 1.29 is 29.7 Å². The molecule has 1 rings (SSSR count). The maximum absolute atomic E-state index is 11.1. The molecule has 0 saturated carbocycles. The minimum absolute atomic E-state index is 0.0277. The molecule has 144 valence electrons. The van der Waals surface area contributed by atoms with E-state index in [1.807, 2.05) is 11.9 Å². The number of nitrogens with zero attached hydrogens (tertiary/aromatic N) is 4. The third-order valence-corrected chi connectivity index (χ3v) is 4.14. The molecule has 0 radical (unpaired) electrons. The molecule has 0 atom stereocenters. The van der Waals surface area contributed by atoms with Gasteiger partial charge in [0.1, 0.15) is 0 Å². The molecule has 10 nitrogen and oxygen atoms in total. The monoisotopic (exact) mass is 361 g/mol. The number of likely N-dealkylation sites (N-methyl/N-ethyl adjacent to an activating group) is 1. The van der Waals surface area contributed by atoms with E-state index in [1.165, 1.54) is 0 Å². The van der Waals surface area contributed by atoms with E-state index in [0.29, 0.717) is 52.4 Å². The summed E-state index contributed by atoms with van der Waals surface area (Å²) in [7, 11) is 1.93. The Morgan fingerprint density at radius 1 is 0.720 bits per heavy atom. The lowest BCUT2D eigenvalue weighted by Gasteiger charge is -2.31. The van der Waals surface area contributed by atoms with Crippen LogP contribution in [0.15, 0.2) is 0 Å². The predicted molar refractivity (Wildman–Crippen MR) is 91.7 cm³/mol. The van der Waals surface area contributed by atoms with Gasteiger partial charge >= 0.3 is 17.9 Å². The average molecular weight is 361 g/mol. The Morgan fingerprint density at radius 2 is 1.04 bits per heavy atom. The van der Waals surface area contributed by atoms with Crippen molar-refractivity contribution in [3.8, 4) is 0 Å². The number of aliphatic hydroxyl groups excluding tert-OH is 1. The van der Waals surface area contributed by atoms with Gasteiger partial charge in [-0.3, -0.25) is 24.3 Å². The van der Waals surface area contributed by atoms with Crippen molar-refractivity contribution in [1.29, 1.82) is 0 Å². The molecule has 1 aliphatic heterocycles. The van der Waals surface area contributed by atoms with Gasteiger partial charge in [0.05, 0.1) is 13.1 Å². The molecule has 0 bridgehead atoms. The fraction of sp³-hybridized carbons (Fsp3) is 0.800. The van der Waals surface area contributed by atoms with Crippen LogP contribution in [0.2, 0.25) is 0 Å². The highest BCUT2D eigenvalue weighted by Crippen LogP contribution is 2.00. The fourth-order valence-corrected chi connectivity index (χ4v) is 2.69. The summed E-state index contributed by atoms with van der Waals surface area (Å²) in [5.74, 6) is -2.51. The molecular weight excluding hydrogens is 332 g/mol. The first kappa shape index (κ1) is 21.3. The van der Waals surface area contributed by atoms with E-state index in [-0.39, 0.29) is 19.6 Å². The molecule has 1 heterocycles. The van der Waals surface area contributed by atoms with Gasteiger partial charge in [-0.2, -0.15) is 0 Å². The first-order chi connectivity index (χ1) is 11.8. The van der Waals surface area contributed by atoms with E-state index < -0.39 is 17.9 Å². The van der Waals surface area contributed by atoms with Gasteiger partial charge in [-0.25, -0.2) is 0 Å². The lowest BCUT2D eigenvalue weighted by Crippen LogP contribution is -2.47. The van der Waals surface area contributed by atoms with E-state index in [0.717, 1.165) is 0 Å². The van der Waals surface area contributed by atoms with E-state index in [2.05, 4.69) is 4.90 Å². The zero-order valence-corrected chi connectivity index (χ0v) is 14.7. The van der Waals surface area contributed by atoms with Crippen LogP contribution in [0.1, 0.15) is 0 Å². The van der Waals surface area contributed by atoms with Crippen molar-refractivity contribution in [3.63, 3.8) is 0 Å². The quantitative estimate of drug-likeness (QED) is 0.463. The minimum atomic E-state index is -0.945. The Balaban J connectivity index is 2.76. The van der Waals surface area contributed by atoms with Crippen LogP contribution in [0, 0.1) is 0 Å². The fourth-order valence-electron chi connectivity index (χ4n) is 2.69. The van der Waals surface area contributed by atoms with E-state index in [4.69, 9.17) is 20.1 Å². The van der Waals surface area contributed by atoms with E-state index in [9.17, 15) is 9.59 Å². The molecule has 0 aromatic rings. The molecule has 0 unspecified atom stereocenters. The van der Waals surface area contributed by atoms with E-state index >= 15 is 0 Å². The molecule has 0 aromatic heterocycles. The minimum Gasteiger partial charge on any atom is -0.480 e. The van der Waals surface area contributed by atoms with Crippen molar-refractivity contribution >= 4 is 17.9 Å². The number of aliphatic carboxylic acids is 3. The summed E-state index contributed by atoms with van der Waals surface area (Å²) in [6.45, 7) is 4.19. The van der Waals surface area contributed by atoms with Gasteiger partial charge in [0.25, 0.3) is 0 Å². The largest absolute Gasteiger partial charge is 0.495 e. The topological polar surface area (TPSA) is 129 Å². The van der Waals surface area contributed by atoms with Crippen molar-refractivity contribution in [2.24, 2.45) is 0 Å². The highest BCUT2D eigenvalue weighted by atomic mass is 16.4. The Bertz CT molecular complexity index is 429. The molecule has 10 heteroatoms. The van der Waals surface area contributed by atoms with Gasteiger partial charge in [0.15, 0.2) is 6.54 Å². The van der Waals surface area contributed by atoms with Crippen LogP contribution in [0.4, 0.5) is 0 Å². The normalized spacial score (nSPS) is 20.5. The number of rotatable bonds is 6. The number of carboxylic acids is 3. The van der Waals surface area contributed by atoms with Crippen molar-refractivity contribution in [2.45, 2.75) is 0 Å². The Hall–Kier alpha value is -1.75. The van der Waals surface area contributed by atoms with Gasteiger partial charge in [0.2, 0.25) is 0 Å². The summed E-state index contributed by atoms with van der Waals surface area (Å²) in [5.41, 5.74) is 0. The summed E-state index contributed by atoms with van der Waals surface area (Å²) in [4.78, 5) is 38.7. The second-order valence-corrected chi connectivity index (χ2v) is 6.34. The first-order valence-corrected chi connectivity index (χ1v) is 8.29. The Morgan fingerprint density at radius 3 is 1.36 bits per heavy atom. The van der Waals surface area contributed by atoms with Crippen LogP contribution in [-0.4, -0.2) is 137 Å². The van der Waals surface area contributed by atoms with Crippen molar-refractivity contribution in [2.75, 3.05) is 79.0 Å². The molecule has 0 aromatic carbocycles. The SMILES string of the molecule is CN1CCN(CC(=O)O)CCN(CC(=O)O)CCN(CC(O)=[OH+])CC1. The second kappa shape index (κ2) is 11.0. The number of carbonyl (C=O) groups is 2. The summed E-state index contributed by atoms with van der Waals surface area (Å²) in [6, 6.07) is 0. The first-order valence-electron chi connectivity index (χ1n) is 8.29. The van der Waals surface area contributed by atoms with Gasteiger partial charge < -0.3 is 25.0 Å². The van der Waals surface area contributed by atoms with Crippen LogP contribution in [0.3, 0.4) is 0 Å². The zero-order valence-electron chi connectivity index (χ0n) is 14.7. The summed E-state index contributed by atoms with van der Waals surface area (Å²) in [5, 5.41) is 27.2. The molecular formula is C15H29N4O6+. The molecule has 1 saturated heterocycles. The smallest absolute Gasteiger partial charge is 0.480 e. The van der Waals surface area contributed by atoms with Crippen LogP contribution >= 0.6 is 0 Å². The molecule has 1 aliphatic rings. The highest BCUT2D eigenvalue weighted by Gasteiger charge is 2.20. The van der Waals surface area contributed by atoms with Crippen LogP contribution < -0.4 is 0 Å². The van der Waals surface area contributed by atoms with Gasteiger partial charge in [-0.05, 0) is 7.05 Å². The number of hydrogen-bond acceptors (Lipinski definition) is 6. The molecule has 0 spiro atoms.